The third-order valence-corrected chi connectivity index (χ3v) is 5.16. The summed E-state index contributed by atoms with van der Waals surface area (Å²) < 4.78 is 0. The van der Waals surface area contributed by atoms with Crippen LogP contribution in [0.1, 0.15) is 53.4 Å². The van der Waals surface area contributed by atoms with Crippen LogP contribution in [0.15, 0.2) is 0 Å². The van der Waals surface area contributed by atoms with Crippen molar-refractivity contribution in [2.45, 2.75) is 71.0 Å². The van der Waals surface area contributed by atoms with E-state index in [0.717, 1.165) is 24.5 Å². The van der Waals surface area contributed by atoms with Crippen molar-refractivity contribution in [3.63, 3.8) is 0 Å². The monoisotopic (exact) mass is 224 g/mol. The van der Waals surface area contributed by atoms with Crippen LogP contribution in [0.2, 0.25) is 0 Å². The summed E-state index contributed by atoms with van der Waals surface area (Å²) in [5.74, 6) is 0.783. The Kier molecular flexibility index (Phi) is 3.60. The quantitative estimate of drug-likeness (QED) is 0.793. The number of nitrogens with one attached hydrogen (secondary N) is 1. The summed E-state index contributed by atoms with van der Waals surface area (Å²) in [7, 11) is 0. The van der Waals surface area contributed by atoms with Gasteiger partial charge in [0.15, 0.2) is 0 Å². The number of piperidine rings is 1. The minimum atomic E-state index is 0.533. The van der Waals surface area contributed by atoms with E-state index in [1.54, 1.807) is 0 Å². The molecule has 0 aromatic heterocycles. The predicted octanol–water partition coefficient (Wildman–Crippen LogP) is 2.64. The molecule has 1 heterocycles. The van der Waals surface area contributed by atoms with Crippen molar-refractivity contribution in [1.82, 2.24) is 10.2 Å². The average molecular weight is 224 g/mol. The molecule has 0 amide bonds. The average Bonchev–Trinajstić information content (AvgIpc) is 2.22. The molecule has 1 N–H and O–H groups in total. The van der Waals surface area contributed by atoms with E-state index in [1.165, 1.54) is 32.2 Å². The highest BCUT2D eigenvalue weighted by molar-refractivity contribution is 5.00. The summed E-state index contributed by atoms with van der Waals surface area (Å²) in [6, 6.07) is 1.48. The lowest BCUT2D eigenvalue weighted by molar-refractivity contribution is -0.0450. The first-order valence-corrected chi connectivity index (χ1v) is 7.08. The van der Waals surface area contributed by atoms with E-state index in [4.69, 9.17) is 0 Å². The van der Waals surface area contributed by atoms with Crippen LogP contribution in [0, 0.1) is 5.92 Å². The van der Waals surface area contributed by atoms with E-state index < -0.39 is 0 Å². The zero-order valence-electron chi connectivity index (χ0n) is 11.4. The molecule has 0 aromatic carbocycles. The van der Waals surface area contributed by atoms with Crippen LogP contribution in [0.25, 0.3) is 0 Å². The Bertz CT molecular complexity index is 235. The molecule has 2 rings (SSSR count). The molecular formula is C14H28N2. The lowest BCUT2D eigenvalue weighted by Gasteiger charge is -2.55. The molecule has 0 bridgehead atoms. The summed E-state index contributed by atoms with van der Waals surface area (Å²) in [4.78, 5) is 2.79. The van der Waals surface area contributed by atoms with Crippen LogP contribution in [0.4, 0.5) is 0 Å². The smallest absolute Gasteiger partial charge is 0.0184 e. The van der Waals surface area contributed by atoms with Gasteiger partial charge in [-0.15, -0.1) is 0 Å². The molecule has 1 saturated heterocycles. The molecule has 1 aliphatic heterocycles. The molecule has 2 heteroatoms. The zero-order chi connectivity index (χ0) is 11.8. The van der Waals surface area contributed by atoms with Crippen molar-refractivity contribution >= 4 is 0 Å². The Labute approximate surface area is 101 Å². The Hall–Kier alpha value is -0.0800. The summed E-state index contributed by atoms with van der Waals surface area (Å²) in [6.07, 6.45) is 5.59. The van der Waals surface area contributed by atoms with Crippen LogP contribution in [0.5, 0.6) is 0 Å². The number of rotatable bonds is 3. The zero-order valence-corrected chi connectivity index (χ0v) is 11.4. The van der Waals surface area contributed by atoms with Gasteiger partial charge in [-0.3, -0.25) is 4.90 Å². The van der Waals surface area contributed by atoms with Gasteiger partial charge in [-0.1, -0.05) is 13.8 Å². The van der Waals surface area contributed by atoms with Gasteiger partial charge in [0.1, 0.15) is 0 Å². The molecule has 0 radical (unpaired) electrons. The molecule has 1 saturated carbocycles. The molecule has 0 spiro atoms. The van der Waals surface area contributed by atoms with Crippen molar-refractivity contribution in [2.24, 2.45) is 5.92 Å². The van der Waals surface area contributed by atoms with Gasteiger partial charge in [0.2, 0.25) is 0 Å². The summed E-state index contributed by atoms with van der Waals surface area (Å²) >= 11 is 0. The fourth-order valence-corrected chi connectivity index (χ4v) is 3.65. The third kappa shape index (κ3) is 2.02. The van der Waals surface area contributed by atoms with Gasteiger partial charge in [0, 0.05) is 24.2 Å². The molecule has 2 fully saturated rings. The first-order chi connectivity index (χ1) is 7.58. The lowest BCUT2D eigenvalue weighted by atomic mass is 9.73. The SMILES string of the molecule is CCNC1CCN(C2(C)CCC2)C(C)C1C. The van der Waals surface area contributed by atoms with Crippen molar-refractivity contribution < 1.29 is 0 Å². The maximum absolute atomic E-state index is 3.65. The van der Waals surface area contributed by atoms with Crippen molar-refractivity contribution in [2.75, 3.05) is 13.1 Å². The molecule has 94 valence electrons. The molecule has 2 aliphatic rings. The summed E-state index contributed by atoms with van der Waals surface area (Å²) in [5, 5.41) is 3.65. The van der Waals surface area contributed by atoms with Crippen LogP contribution in [-0.4, -0.2) is 35.6 Å². The van der Waals surface area contributed by atoms with E-state index in [-0.39, 0.29) is 0 Å². The van der Waals surface area contributed by atoms with Crippen molar-refractivity contribution in [1.29, 1.82) is 0 Å². The highest BCUT2D eigenvalue weighted by Crippen LogP contribution is 2.41. The first-order valence-electron chi connectivity index (χ1n) is 7.08. The van der Waals surface area contributed by atoms with E-state index in [1.807, 2.05) is 0 Å². The largest absolute Gasteiger partial charge is 0.314 e. The number of hydrogen-bond acceptors (Lipinski definition) is 2. The Morgan fingerprint density at radius 1 is 1.31 bits per heavy atom. The molecule has 2 nitrogen and oxygen atoms in total. The fraction of sp³-hybridized carbons (Fsp3) is 1.00. The van der Waals surface area contributed by atoms with Crippen LogP contribution < -0.4 is 5.32 Å². The molecular weight excluding hydrogens is 196 g/mol. The maximum atomic E-state index is 3.65. The minimum absolute atomic E-state index is 0.533. The standard InChI is InChI=1S/C14H28N2/c1-5-15-13-7-10-16(12(3)11(13)2)14(4)8-6-9-14/h11-13,15H,5-10H2,1-4H3. The van der Waals surface area contributed by atoms with Gasteiger partial charge >= 0.3 is 0 Å². The molecule has 0 aromatic rings. The first kappa shape index (κ1) is 12.4. The predicted molar refractivity (Wildman–Crippen MR) is 69.7 cm³/mol. The maximum Gasteiger partial charge on any atom is 0.0184 e. The molecule has 16 heavy (non-hydrogen) atoms. The topological polar surface area (TPSA) is 15.3 Å². The second-order valence-electron chi connectivity index (χ2n) is 6.10. The van der Waals surface area contributed by atoms with E-state index >= 15 is 0 Å². The van der Waals surface area contributed by atoms with E-state index in [2.05, 4.69) is 37.9 Å². The highest BCUT2D eigenvalue weighted by atomic mass is 15.2. The normalized spacial score (nSPS) is 39.4. The van der Waals surface area contributed by atoms with Crippen LogP contribution >= 0.6 is 0 Å². The summed E-state index contributed by atoms with van der Waals surface area (Å²) in [5.41, 5.74) is 0.533. The second kappa shape index (κ2) is 4.66. The Morgan fingerprint density at radius 3 is 2.50 bits per heavy atom. The van der Waals surface area contributed by atoms with Gasteiger partial charge < -0.3 is 5.32 Å². The molecule has 1 aliphatic carbocycles. The van der Waals surface area contributed by atoms with Crippen molar-refractivity contribution in [3.8, 4) is 0 Å². The third-order valence-electron chi connectivity index (χ3n) is 5.16. The van der Waals surface area contributed by atoms with Gasteiger partial charge in [0.05, 0.1) is 0 Å². The van der Waals surface area contributed by atoms with E-state index in [0.29, 0.717) is 5.54 Å². The van der Waals surface area contributed by atoms with E-state index in [9.17, 15) is 0 Å². The fourth-order valence-electron chi connectivity index (χ4n) is 3.65. The Morgan fingerprint density at radius 2 is 2.00 bits per heavy atom. The highest BCUT2D eigenvalue weighted by Gasteiger charge is 2.44. The lowest BCUT2D eigenvalue weighted by Crippen LogP contribution is -2.62. The van der Waals surface area contributed by atoms with Gasteiger partial charge in [0.25, 0.3) is 0 Å². The number of hydrogen-bond donors (Lipinski definition) is 1. The van der Waals surface area contributed by atoms with Crippen LogP contribution in [-0.2, 0) is 0 Å². The second-order valence-corrected chi connectivity index (χ2v) is 6.10. The minimum Gasteiger partial charge on any atom is -0.314 e. The van der Waals surface area contributed by atoms with Gasteiger partial charge in [-0.05, 0) is 52.0 Å². The molecule has 3 atom stereocenters. The number of nitrogens with zero attached hydrogens (tertiary/aromatic N) is 1. The Balaban J connectivity index is 1.99. The van der Waals surface area contributed by atoms with Crippen LogP contribution in [0.3, 0.4) is 0 Å². The molecule has 3 unspecified atom stereocenters. The van der Waals surface area contributed by atoms with Gasteiger partial charge in [-0.2, -0.15) is 0 Å². The summed E-state index contributed by atoms with van der Waals surface area (Å²) in [6.45, 7) is 11.9. The van der Waals surface area contributed by atoms with Gasteiger partial charge in [-0.25, -0.2) is 0 Å². The number of likely N-dealkylation sites (tertiary alicyclic amines) is 1. The van der Waals surface area contributed by atoms with Crippen molar-refractivity contribution in [3.05, 3.63) is 0 Å².